The lowest BCUT2D eigenvalue weighted by molar-refractivity contribution is -0.119. The first-order chi connectivity index (χ1) is 10.6. The highest BCUT2D eigenvalue weighted by atomic mass is 32.2. The van der Waals surface area contributed by atoms with Crippen molar-refractivity contribution >= 4 is 17.7 Å². The first kappa shape index (κ1) is 15.4. The van der Waals surface area contributed by atoms with Crippen LogP contribution in [0.5, 0.6) is 0 Å². The van der Waals surface area contributed by atoms with Crippen LogP contribution in [0.3, 0.4) is 0 Å². The van der Waals surface area contributed by atoms with Crippen molar-refractivity contribution in [3.8, 4) is 0 Å². The van der Waals surface area contributed by atoms with E-state index in [-0.39, 0.29) is 17.4 Å². The molecule has 2 aliphatic rings. The van der Waals surface area contributed by atoms with Crippen LogP contribution < -0.4 is 11.5 Å². The molecule has 4 N–H and O–H groups in total. The minimum Gasteiger partial charge on any atom is -0.370 e. The number of benzene rings is 1. The third-order valence-electron chi connectivity index (χ3n) is 4.62. The van der Waals surface area contributed by atoms with Crippen LogP contribution in [0.2, 0.25) is 0 Å². The Hall–Kier alpha value is -1.46. The maximum absolute atomic E-state index is 11.1. The average Bonchev–Trinajstić information content (AvgIpc) is 2.82. The molecule has 1 aliphatic heterocycles. The van der Waals surface area contributed by atoms with E-state index in [9.17, 15) is 4.79 Å². The van der Waals surface area contributed by atoms with Gasteiger partial charge >= 0.3 is 0 Å². The summed E-state index contributed by atoms with van der Waals surface area (Å²) in [6.07, 6.45) is 3.44. The number of primary amides is 1. The molecule has 0 radical (unpaired) electrons. The first-order valence-electron chi connectivity index (χ1n) is 7.82. The molecule has 1 aromatic carbocycles. The quantitative estimate of drug-likeness (QED) is 0.895. The highest BCUT2D eigenvalue weighted by Gasteiger charge is 2.37. The summed E-state index contributed by atoms with van der Waals surface area (Å²) < 4.78 is 0. The summed E-state index contributed by atoms with van der Waals surface area (Å²) >= 11 is 1.74. The fraction of sp³-hybridized carbons (Fsp3) is 0.471. The number of rotatable bonds is 4. The summed E-state index contributed by atoms with van der Waals surface area (Å²) in [5, 5.41) is 0. The van der Waals surface area contributed by atoms with Crippen molar-refractivity contribution < 1.29 is 4.79 Å². The molecule has 3 atom stereocenters. The summed E-state index contributed by atoms with van der Waals surface area (Å²) in [5.74, 6) is 0.179. The zero-order chi connectivity index (χ0) is 15.7. The molecule has 5 heteroatoms. The maximum Gasteiger partial charge on any atom is 0.217 e. The Bertz CT molecular complexity index is 587. The molecule has 3 rings (SSSR count). The predicted octanol–water partition coefficient (Wildman–Crippen LogP) is 2.93. The first-order valence-corrected chi connectivity index (χ1v) is 8.70. The second-order valence-corrected chi connectivity index (χ2v) is 7.36. The van der Waals surface area contributed by atoms with E-state index in [1.165, 1.54) is 16.2 Å². The van der Waals surface area contributed by atoms with Gasteiger partial charge in [-0.25, -0.2) is 0 Å². The standard InChI is InChI=1S/C17H23N3OS/c1-11(13-5-3-2-4-6-13)20-14-8-7-12(10-16(18)21)9-15(14)22-17(20)19/h2-6,11-12,17H,7-10,19H2,1H3,(H2,18,21)/t11-,12+,17?/m0/s1. The summed E-state index contributed by atoms with van der Waals surface area (Å²) in [7, 11) is 0. The molecule has 4 nitrogen and oxygen atoms in total. The van der Waals surface area contributed by atoms with E-state index in [1.54, 1.807) is 11.8 Å². The minimum absolute atomic E-state index is 0.0347. The zero-order valence-corrected chi connectivity index (χ0v) is 13.7. The molecule has 0 spiro atoms. The Morgan fingerprint density at radius 2 is 2.14 bits per heavy atom. The zero-order valence-electron chi connectivity index (χ0n) is 12.9. The normalized spacial score (nSPS) is 26.0. The van der Waals surface area contributed by atoms with Crippen molar-refractivity contribution in [3.63, 3.8) is 0 Å². The lowest BCUT2D eigenvalue weighted by Gasteiger charge is -2.34. The second-order valence-electron chi connectivity index (χ2n) is 6.15. The third kappa shape index (κ3) is 3.01. The molecular formula is C17H23N3OS. The van der Waals surface area contributed by atoms with E-state index in [4.69, 9.17) is 11.5 Å². The van der Waals surface area contributed by atoms with Gasteiger partial charge in [-0.1, -0.05) is 42.1 Å². The van der Waals surface area contributed by atoms with Crippen LogP contribution in [0.15, 0.2) is 40.9 Å². The molecule has 0 fully saturated rings. The van der Waals surface area contributed by atoms with Gasteiger partial charge < -0.3 is 16.4 Å². The third-order valence-corrected chi connectivity index (χ3v) is 5.78. The number of carbonyl (C=O) groups is 1. The van der Waals surface area contributed by atoms with Crippen LogP contribution in [0.25, 0.3) is 0 Å². The summed E-state index contributed by atoms with van der Waals surface area (Å²) in [6.45, 7) is 2.21. The van der Waals surface area contributed by atoms with Crippen LogP contribution in [-0.4, -0.2) is 16.3 Å². The van der Waals surface area contributed by atoms with Crippen molar-refractivity contribution in [1.29, 1.82) is 0 Å². The topological polar surface area (TPSA) is 72.3 Å². The van der Waals surface area contributed by atoms with Crippen LogP contribution in [-0.2, 0) is 4.79 Å². The van der Waals surface area contributed by atoms with Crippen LogP contribution in [0.1, 0.15) is 44.2 Å². The number of amides is 1. The molecule has 118 valence electrons. The maximum atomic E-state index is 11.1. The SMILES string of the molecule is C[C@@H](c1ccccc1)N1C2=C(C[C@H](CC(N)=O)CC2)SC1N. The number of carbonyl (C=O) groups excluding carboxylic acids is 1. The summed E-state index contributed by atoms with van der Waals surface area (Å²) in [5.41, 5.74) is 14.3. The van der Waals surface area contributed by atoms with Gasteiger partial charge in [-0.15, -0.1) is 0 Å². The van der Waals surface area contributed by atoms with Crippen LogP contribution in [0, 0.1) is 5.92 Å². The molecule has 1 aliphatic carbocycles. The summed E-state index contributed by atoms with van der Waals surface area (Å²) in [4.78, 5) is 14.8. The Kier molecular flexibility index (Phi) is 4.45. The molecule has 1 unspecified atom stereocenters. The fourth-order valence-electron chi connectivity index (χ4n) is 3.51. The van der Waals surface area contributed by atoms with E-state index < -0.39 is 0 Å². The van der Waals surface area contributed by atoms with Crippen molar-refractivity contribution in [2.75, 3.05) is 0 Å². The monoisotopic (exact) mass is 317 g/mol. The summed E-state index contributed by atoms with van der Waals surface area (Å²) in [6, 6.07) is 10.7. The van der Waals surface area contributed by atoms with Crippen LogP contribution >= 0.6 is 11.8 Å². The molecule has 1 amide bonds. The van der Waals surface area contributed by atoms with Gasteiger partial charge in [0.05, 0.1) is 6.04 Å². The number of nitrogens with zero attached hydrogens (tertiary/aromatic N) is 1. The molecule has 0 saturated carbocycles. The lowest BCUT2D eigenvalue weighted by Crippen LogP contribution is -2.37. The molecule has 1 heterocycles. The second kappa shape index (κ2) is 6.34. The molecule has 1 aromatic rings. The van der Waals surface area contributed by atoms with Gasteiger partial charge in [0.25, 0.3) is 0 Å². The molecule has 0 aromatic heterocycles. The Labute approximate surface area is 135 Å². The largest absolute Gasteiger partial charge is 0.370 e. The Morgan fingerprint density at radius 3 is 2.82 bits per heavy atom. The number of thioether (sulfide) groups is 1. The van der Waals surface area contributed by atoms with Gasteiger partial charge in [-0.2, -0.15) is 0 Å². The smallest absolute Gasteiger partial charge is 0.217 e. The van der Waals surface area contributed by atoms with Gasteiger partial charge in [0.1, 0.15) is 5.50 Å². The van der Waals surface area contributed by atoms with E-state index in [1.807, 2.05) is 6.07 Å². The van der Waals surface area contributed by atoms with Crippen molar-refractivity contribution in [2.24, 2.45) is 17.4 Å². The fourth-order valence-corrected chi connectivity index (χ4v) is 4.90. The number of hydrogen-bond donors (Lipinski definition) is 2. The molecule has 22 heavy (non-hydrogen) atoms. The van der Waals surface area contributed by atoms with Crippen molar-refractivity contribution in [1.82, 2.24) is 4.90 Å². The van der Waals surface area contributed by atoms with E-state index in [0.717, 1.165) is 19.3 Å². The van der Waals surface area contributed by atoms with Gasteiger partial charge in [0, 0.05) is 17.0 Å². The average molecular weight is 317 g/mol. The highest BCUT2D eigenvalue weighted by Crippen LogP contribution is 2.49. The van der Waals surface area contributed by atoms with E-state index in [2.05, 4.69) is 36.1 Å². The number of hydrogen-bond acceptors (Lipinski definition) is 4. The Morgan fingerprint density at radius 1 is 1.41 bits per heavy atom. The van der Waals surface area contributed by atoms with Crippen molar-refractivity contribution in [2.45, 2.75) is 44.1 Å². The van der Waals surface area contributed by atoms with Gasteiger partial charge in [-0.3, -0.25) is 4.79 Å². The highest BCUT2D eigenvalue weighted by molar-refractivity contribution is 8.03. The van der Waals surface area contributed by atoms with Gasteiger partial charge in [0.15, 0.2) is 0 Å². The van der Waals surface area contributed by atoms with Gasteiger partial charge in [0.2, 0.25) is 5.91 Å². The Balaban J connectivity index is 1.79. The van der Waals surface area contributed by atoms with E-state index >= 15 is 0 Å². The lowest BCUT2D eigenvalue weighted by atomic mass is 9.88. The van der Waals surface area contributed by atoms with E-state index in [0.29, 0.717) is 12.3 Å². The molecular weight excluding hydrogens is 294 g/mol. The number of nitrogens with two attached hydrogens (primary N) is 2. The van der Waals surface area contributed by atoms with Crippen molar-refractivity contribution in [3.05, 3.63) is 46.5 Å². The minimum atomic E-state index is -0.198. The molecule has 0 bridgehead atoms. The number of allylic oxidation sites excluding steroid dienone is 2. The molecule has 0 saturated heterocycles. The predicted molar refractivity (Wildman–Crippen MR) is 90.4 cm³/mol. The van der Waals surface area contributed by atoms with Crippen LogP contribution in [0.4, 0.5) is 0 Å². The van der Waals surface area contributed by atoms with Gasteiger partial charge in [-0.05, 0) is 37.7 Å².